The average Bonchev–Trinajstić information content (AvgIpc) is 2.92. The number of benzene rings is 1. The molecule has 2 rings (SSSR count). The second-order valence-corrected chi connectivity index (χ2v) is 4.09. The molecular formula is C14H14N2O4. The van der Waals surface area contributed by atoms with Crippen molar-refractivity contribution in [2.24, 2.45) is 0 Å². The minimum absolute atomic E-state index is 0.0661. The lowest BCUT2D eigenvalue weighted by Crippen LogP contribution is -2.34. The summed E-state index contributed by atoms with van der Waals surface area (Å²) in [5.74, 6) is -0.0355. The van der Waals surface area contributed by atoms with Gasteiger partial charge in [-0.05, 0) is 36.8 Å². The summed E-state index contributed by atoms with van der Waals surface area (Å²) in [7, 11) is 1.50. The Kier molecular flexibility index (Phi) is 4.05. The van der Waals surface area contributed by atoms with Crippen molar-refractivity contribution in [3.05, 3.63) is 47.9 Å². The predicted octanol–water partition coefficient (Wildman–Crippen LogP) is 2.56. The molecule has 0 unspecified atom stereocenters. The van der Waals surface area contributed by atoms with Crippen LogP contribution in [0, 0.1) is 6.92 Å². The smallest absolute Gasteiger partial charge is 0.326 e. The summed E-state index contributed by atoms with van der Waals surface area (Å²) in [4.78, 5) is 23.4. The first-order chi connectivity index (χ1) is 9.60. The molecule has 104 valence electrons. The van der Waals surface area contributed by atoms with Gasteiger partial charge < -0.3 is 14.5 Å². The lowest BCUT2D eigenvalue weighted by atomic mass is 10.2. The molecule has 1 heterocycles. The molecule has 1 aromatic carbocycles. The molecule has 0 aliphatic heterocycles. The topological polar surface area (TPSA) is 80.6 Å². The van der Waals surface area contributed by atoms with Crippen LogP contribution < -0.4 is 15.4 Å². The first-order valence-corrected chi connectivity index (χ1v) is 5.90. The Balaban J connectivity index is 2.05. The number of rotatable bonds is 3. The number of carbonyl (C=O) groups excluding carboxylic acids is 2. The molecule has 0 bridgehead atoms. The fourth-order valence-corrected chi connectivity index (χ4v) is 1.65. The standard InChI is InChI=1S/C14H14N2O4/c1-9-5-6-11(19-2)10(8-9)15-14(18)16-13(17)12-4-3-7-20-12/h3-8H,1-2H3,(H2,15,16,17,18). The molecule has 3 amide bonds. The van der Waals surface area contributed by atoms with Crippen molar-refractivity contribution in [3.63, 3.8) is 0 Å². The fourth-order valence-electron chi connectivity index (χ4n) is 1.65. The number of aryl methyl sites for hydroxylation is 1. The highest BCUT2D eigenvalue weighted by atomic mass is 16.5. The number of methoxy groups -OCH3 is 1. The summed E-state index contributed by atoms with van der Waals surface area (Å²) < 4.78 is 10.0. The van der Waals surface area contributed by atoms with Crippen molar-refractivity contribution in [2.45, 2.75) is 6.92 Å². The van der Waals surface area contributed by atoms with Gasteiger partial charge in [-0.15, -0.1) is 0 Å². The van der Waals surface area contributed by atoms with Crippen LogP contribution in [0.1, 0.15) is 16.1 Å². The van der Waals surface area contributed by atoms with Gasteiger partial charge in [0.2, 0.25) is 0 Å². The molecule has 0 saturated carbocycles. The number of furan rings is 1. The van der Waals surface area contributed by atoms with Crippen LogP contribution in [-0.2, 0) is 0 Å². The van der Waals surface area contributed by atoms with Crippen LogP contribution >= 0.6 is 0 Å². The second-order valence-electron chi connectivity index (χ2n) is 4.09. The van der Waals surface area contributed by atoms with Gasteiger partial charge in [0.05, 0.1) is 19.1 Å². The van der Waals surface area contributed by atoms with E-state index in [2.05, 4.69) is 10.6 Å². The lowest BCUT2D eigenvalue weighted by molar-refractivity contribution is 0.0940. The summed E-state index contributed by atoms with van der Waals surface area (Å²) >= 11 is 0. The van der Waals surface area contributed by atoms with Crippen LogP contribution in [0.4, 0.5) is 10.5 Å². The van der Waals surface area contributed by atoms with Gasteiger partial charge in [0.25, 0.3) is 5.91 Å². The lowest BCUT2D eigenvalue weighted by Gasteiger charge is -2.11. The van der Waals surface area contributed by atoms with Crippen LogP contribution in [0.25, 0.3) is 0 Å². The van der Waals surface area contributed by atoms with Crippen molar-refractivity contribution >= 4 is 17.6 Å². The average molecular weight is 274 g/mol. The van der Waals surface area contributed by atoms with E-state index in [1.807, 2.05) is 13.0 Å². The van der Waals surface area contributed by atoms with E-state index < -0.39 is 11.9 Å². The van der Waals surface area contributed by atoms with Crippen molar-refractivity contribution < 1.29 is 18.7 Å². The van der Waals surface area contributed by atoms with Crippen LogP contribution in [0.3, 0.4) is 0 Å². The molecule has 20 heavy (non-hydrogen) atoms. The van der Waals surface area contributed by atoms with Crippen molar-refractivity contribution in [1.29, 1.82) is 0 Å². The van der Waals surface area contributed by atoms with E-state index in [1.54, 1.807) is 18.2 Å². The number of hydrogen-bond acceptors (Lipinski definition) is 4. The van der Waals surface area contributed by atoms with E-state index in [-0.39, 0.29) is 5.76 Å². The maximum absolute atomic E-state index is 11.8. The molecule has 0 saturated heterocycles. The highest BCUT2D eigenvalue weighted by molar-refractivity contribution is 6.07. The maximum Gasteiger partial charge on any atom is 0.326 e. The Hall–Kier alpha value is -2.76. The molecule has 6 heteroatoms. The number of carbonyl (C=O) groups is 2. The zero-order chi connectivity index (χ0) is 14.5. The molecule has 0 aliphatic rings. The third-order valence-electron chi connectivity index (χ3n) is 2.58. The molecule has 6 nitrogen and oxygen atoms in total. The van der Waals surface area contributed by atoms with Crippen LogP contribution in [-0.4, -0.2) is 19.0 Å². The second kappa shape index (κ2) is 5.92. The first kappa shape index (κ1) is 13.7. The summed E-state index contributed by atoms with van der Waals surface area (Å²) in [6.45, 7) is 1.89. The Morgan fingerprint density at radius 2 is 2.05 bits per heavy atom. The fraction of sp³-hybridized carbons (Fsp3) is 0.143. The third kappa shape index (κ3) is 3.17. The predicted molar refractivity (Wildman–Crippen MR) is 72.9 cm³/mol. The van der Waals surface area contributed by atoms with Gasteiger partial charge >= 0.3 is 6.03 Å². The molecule has 0 fully saturated rings. The van der Waals surface area contributed by atoms with Gasteiger partial charge in [0.15, 0.2) is 5.76 Å². The minimum atomic E-state index is -0.657. The molecule has 0 aliphatic carbocycles. The first-order valence-electron chi connectivity index (χ1n) is 5.90. The van der Waals surface area contributed by atoms with Crippen LogP contribution in [0.2, 0.25) is 0 Å². The summed E-state index contributed by atoms with van der Waals surface area (Å²) in [6.07, 6.45) is 1.36. The summed E-state index contributed by atoms with van der Waals surface area (Å²) in [6, 6.07) is 7.72. The summed E-state index contributed by atoms with van der Waals surface area (Å²) in [5.41, 5.74) is 1.44. The van der Waals surface area contributed by atoms with E-state index in [1.165, 1.54) is 19.4 Å². The SMILES string of the molecule is COc1ccc(C)cc1NC(=O)NC(=O)c1ccco1. The number of hydrogen-bond donors (Lipinski definition) is 2. The van der Waals surface area contributed by atoms with Crippen LogP contribution in [0.15, 0.2) is 41.0 Å². The van der Waals surface area contributed by atoms with Crippen molar-refractivity contribution in [1.82, 2.24) is 5.32 Å². The monoisotopic (exact) mass is 274 g/mol. The van der Waals surface area contributed by atoms with Gasteiger partial charge in [-0.25, -0.2) is 4.79 Å². The van der Waals surface area contributed by atoms with Crippen LogP contribution in [0.5, 0.6) is 5.75 Å². The Bertz CT molecular complexity index is 620. The van der Waals surface area contributed by atoms with E-state index in [0.717, 1.165) is 5.56 Å². The molecule has 2 aromatic rings. The molecule has 0 atom stereocenters. The molecule has 2 N–H and O–H groups in total. The van der Waals surface area contributed by atoms with E-state index in [9.17, 15) is 9.59 Å². The van der Waals surface area contributed by atoms with Gasteiger partial charge in [-0.1, -0.05) is 6.07 Å². The number of anilines is 1. The van der Waals surface area contributed by atoms with Gasteiger partial charge in [0, 0.05) is 0 Å². The highest BCUT2D eigenvalue weighted by Gasteiger charge is 2.14. The van der Waals surface area contributed by atoms with E-state index in [4.69, 9.17) is 9.15 Å². The third-order valence-corrected chi connectivity index (χ3v) is 2.58. The molecule has 1 aromatic heterocycles. The number of ether oxygens (including phenoxy) is 1. The molecule has 0 spiro atoms. The number of imide groups is 1. The Labute approximate surface area is 115 Å². The zero-order valence-corrected chi connectivity index (χ0v) is 11.1. The molecular weight excluding hydrogens is 260 g/mol. The normalized spacial score (nSPS) is 9.90. The molecule has 0 radical (unpaired) electrons. The zero-order valence-electron chi connectivity index (χ0n) is 11.1. The van der Waals surface area contributed by atoms with Gasteiger partial charge in [0.1, 0.15) is 5.75 Å². The van der Waals surface area contributed by atoms with Crippen molar-refractivity contribution in [2.75, 3.05) is 12.4 Å². The summed E-state index contributed by atoms with van der Waals surface area (Å²) in [5, 5.41) is 4.72. The Morgan fingerprint density at radius 1 is 1.25 bits per heavy atom. The Morgan fingerprint density at radius 3 is 2.70 bits per heavy atom. The highest BCUT2D eigenvalue weighted by Crippen LogP contribution is 2.24. The largest absolute Gasteiger partial charge is 0.495 e. The minimum Gasteiger partial charge on any atom is -0.495 e. The van der Waals surface area contributed by atoms with Crippen molar-refractivity contribution in [3.8, 4) is 5.75 Å². The number of nitrogens with one attached hydrogen (secondary N) is 2. The maximum atomic E-state index is 11.8. The van der Waals surface area contributed by atoms with Gasteiger partial charge in [-0.3, -0.25) is 10.1 Å². The van der Waals surface area contributed by atoms with Gasteiger partial charge in [-0.2, -0.15) is 0 Å². The van der Waals surface area contributed by atoms with E-state index >= 15 is 0 Å². The number of amides is 3. The number of urea groups is 1. The van der Waals surface area contributed by atoms with E-state index in [0.29, 0.717) is 11.4 Å². The quantitative estimate of drug-likeness (QED) is 0.901.